The van der Waals surface area contributed by atoms with Crippen molar-refractivity contribution >= 4 is 11.9 Å². The Balaban J connectivity index is 1.67. The van der Waals surface area contributed by atoms with Gasteiger partial charge in [0.25, 0.3) is 0 Å². The summed E-state index contributed by atoms with van der Waals surface area (Å²) in [4.78, 5) is 27.5. The van der Waals surface area contributed by atoms with Crippen molar-refractivity contribution in [2.75, 3.05) is 7.05 Å². The van der Waals surface area contributed by atoms with Gasteiger partial charge in [-0.1, -0.05) is 36.4 Å². The molecule has 0 radical (unpaired) electrons. The van der Waals surface area contributed by atoms with Gasteiger partial charge in [-0.25, -0.2) is 4.79 Å². The number of likely N-dealkylation sites (N-methyl/N-ethyl adjacent to an activating group) is 1. The van der Waals surface area contributed by atoms with Gasteiger partial charge in [-0.05, 0) is 49.2 Å². The number of aromatic nitrogens is 4. The Bertz CT molecular complexity index is 1040. The minimum absolute atomic E-state index is 0.0234. The van der Waals surface area contributed by atoms with Gasteiger partial charge in [0.05, 0.1) is 11.7 Å². The molecule has 0 aliphatic heterocycles. The molecule has 3 aromatic rings. The molecule has 0 N–H and O–H groups in total. The van der Waals surface area contributed by atoms with Gasteiger partial charge in [0, 0.05) is 19.2 Å². The summed E-state index contributed by atoms with van der Waals surface area (Å²) in [6, 6.07) is 14.8. The van der Waals surface area contributed by atoms with Crippen LogP contribution in [0.25, 0.3) is 11.4 Å². The predicted molar refractivity (Wildman–Crippen MR) is 111 cm³/mol. The number of aryl methyl sites for hydroxylation is 1. The van der Waals surface area contributed by atoms with Crippen molar-refractivity contribution in [3.05, 3.63) is 65.2 Å². The Morgan fingerprint density at radius 1 is 1.13 bits per heavy atom. The van der Waals surface area contributed by atoms with E-state index in [1.165, 1.54) is 4.80 Å². The summed E-state index contributed by atoms with van der Waals surface area (Å²) >= 11 is 0. The van der Waals surface area contributed by atoms with E-state index in [4.69, 9.17) is 4.74 Å². The molecule has 1 heterocycles. The summed E-state index contributed by atoms with van der Waals surface area (Å²) < 4.78 is 5.22. The fourth-order valence-electron chi connectivity index (χ4n) is 2.87. The molecule has 0 unspecified atom stereocenters. The van der Waals surface area contributed by atoms with Crippen LogP contribution in [0.15, 0.2) is 48.5 Å². The van der Waals surface area contributed by atoms with Crippen LogP contribution in [0, 0.1) is 6.92 Å². The molecule has 8 nitrogen and oxygen atoms in total. The van der Waals surface area contributed by atoms with Crippen molar-refractivity contribution in [3.63, 3.8) is 0 Å². The van der Waals surface area contributed by atoms with Crippen molar-refractivity contribution < 1.29 is 14.3 Å². The predicted octanol–water partition coefficient (Wildman–Crippen LogP) is 2.87. The highest BCUT2D eigenvalue weighted by Gasteiger charge is 2.15. The molecule has 0 fully saturated rings. The van der Waals surface area contributed by atoms with Crippen LogP contribution >= 0.6 is 0 Å². The first kappa shape index (κ1) is 21.2. The topological polar surface area (TPSA) is 90.2 Å². The van der Waals surface area contributed by atoms with Gasteiger partial charge >= 0.3 is 5.97 Å². The van der Waals surface area contributed by atoms with Crippen molar-refractivity contribution in [2.45, 2.75) is 40.0 Å². The van der Waals surface area contributed by atoms with Crippen molar-refractivity contribution in [3.8, 4) is 11.4 Å². The number of hydrogen-bond donors (Lipinski definition) is 0. The molecular formula is C22H25N5O3. The zero-order chi connectivity index (χ0) is 21.7. The monoisotopic (exact) mass is 407 g/mol. The van der Waals surface area contributed by atoms with Gasteiger partial charge in [-0.3, -0.25) is 4.79 Å². The number of hydrogen-bond acceptors (Lipinski definition) is 6. The standard InChI is InChI=1S/C22H25N5O3/c1-15(2)30-22(29)18-11-7-10-17(12-18)21-23-25-27(24-21)14-20(28)26(4)13-19-9-6-5-8-16(19)3/h5-12,15H,13-14H2,1-4H3. The number of amides is 1. The van der Waals surface area contributed by atoms with Crippen LogP contribution in [0.2, 0.25) is 0 Å². The van der Waals surface area contributed by atoms with E-state index in [9.17, 15) is 9.59 Å². The molecule has 0 saturated carbocycles. The lowest BCUT2D eigenvalue weighted by molar-refractivity contribution is -0.131. The first-order valence-corrected chi connectivity index (χ1v) is 9.71. The molecule has 0 spiro atoms. The molecule has 0 aliphatic carbocycles. The fourth-order valence-corrected chi connectivity index (χ4v) is 2.87. The van der Waals surface area contributed by atoms with Gasteiger partial charge in [0.2, 0.25) is 11.7 Å². The number of carbonyl (C=O) groups excluding carboxylic acids is 2. The third-order valence-electron chi connectivity index (χ3n) is 4.52. The van der Waals surface area contributed by atoms with Crippen LogP contribution in [0.5, 0.6) is 0 Å². The lowest BCUT2D eigenvalue weighted by Gasteiger charge is -2.18. The summed E-state index contributed by atoms with van der Waals surface area (Å²) in [6.45, 7) is 6.09. The number of tetrazole rings is 1. The SMILES string of the molecule is Cc1ccccc1CN(C)C(=O)Cn1nnc(-c2cccc(C(=O)OC(C)C)c2)n1. The average molecular weight is 407 g/mol. The van der Waals surface area contributed by atoms with Gasteiger partial charge < -0.3 is 9.64 Å². The number of benzene rings is 2. The smallest absolute Gasteiger partial charge is 0.338 e. The summed E-state index contributed by atoms with van der Waals surface area (Å²) in [5, 5.41) is 12.3. The zero-order valence-electron chi connectivity index (χ0n) is 17.6. The van der Waals surface area contributed by atoms with Gasteiger partial charge in [-0.15, -0.1) is 10.2 Å². The van der Waals surface area contributed by atoms with Crippen molar-refractivity contribution in [2.24, 2.45) is 0 Å². The lowest BCUT2D eigenvalue weighted by atomic mass is 10.1. The molecule has 30 heavy (non-hydrogen) atoms. The number of ether oxygens (including phenoxy) is 1. The van der Waals surface area contributed by atoms with Gasteiger partial charge in [-0.2, -0.15) is 4.80 Å². The van der Waals surface area contributed by atoms with Crippen LogP contribution in [0.1, 0.15) is 35.3 Å². The molecule has 2 aromatic carbocycles. The van der Waals surface area contributed by atoms with Crippen LogP contribution < -0.4 is 0 Å². The zero-order valence-corrected chi connectivity index (χ0v) is 17.6. The number of carbonyl (C=O) groups is 2. The summed E-state index contributed by atoms with van der Waals surface area (Å²) in [5.74, 6) is -0.202. The van der Waals surface area contributed by atoms with Crippen LogP contribution in [0.3, 0.4) is 0 Å². The third kappa shape index (κ3) is 5.28. The largest absolute Gasteiger partial charge is 0.459 e. The molecule has 156 valence electrons. The summed E-state index contributed by atoms with van der Waals surface area (Å²) in [5.41, 5.74) is 3.26. The summed E-state index contributed by atoms with van der Waals surface area (Å²) in [7, 11) is 1.75. The Morgan fingerprint density at radius 3 is 2.63 bits per heavy atom. The van der Waals surface area contributed by atoms with Gasteiger partial charge in [0.15, 0.2) is 0 Å². The Hall–Kier alpha value is -3.55. The van der Waals surface area contributed by atoms with E-state index in [0.29, 0.717) is 23.5 Å². The van der Waals surface area contributed by atoms with E-state index < -0.39 is 5.97 Å². The quantitative estimate of drug-likeness (QED) is 0.560. The fraction of sp³-hybridized carbons (Fsp3) is 0.318. The number of esters is 1. The highest BCUT2D eigenvalue weighted by molar-refractivity contribution is 5.90. The Kier molecular flexibility index (Phi) is 6.56. The average Bonchev–Trinajstić information content (AvgIpc) is 3.17. The van der Waals surface area contributed by atoms with E-state index in [-0.39, 0.29) is 18.6 Å². The maximum atomic E-state index is 12.6. The maximum Gasteiger partial charge on any atom is 0.338 e. The Labute approximate surface area is 175 Å². The number of nitrogens with zero attached hydrogens (tertiary/aromatic N) is 5. The van der Waals surface area contributed by atoms with Crippen LogP contribution in [0.4, 0.5) is 0 Å². The minimum atomic E-state index is -0.410. The van der Waals surface area contributed by atoms with E-state index in [2.05, 4.69) is 15.4 Å². The minimum Gasteiger partial charge on any atom is -0.459 e. The first-order valence-electron chi connectivity index (χ1n) is 9.71. The number of rotatable bonds is 7. The second-order valence-corrected chi connectivity index (χ2v) is 7.35. The van der Waals surface area contributed by atoms with Crippen molar-refractivity contribution in [1.82, 2.24) is 25.1 Å². The molecule has 1 aromatic heterocycles. The molecule has 1 amide bonds. The molecule has 3 rings (SSSR count). The van der Waals surface area contributed by atoms with Crippen LogP contribution in [-0.4, -0.2) is 50.1 Å². The normalized spacial score (nSPS) is 10.8. The molecule has 0 bridgehead atoms. The lowest BCUT2D eigenvalue weighted by Crippen LogP contribution is -2.30. The second kappa shape index (κ2) is 9.30. The van der Waals surface area contributed by atoms with E-state index in [1.54, 1.807) is 50.1 Å². The summed E-state index contributed by atoms with van der Waals surface area (Å²) in [6.07, 6.45) is -0.206. The van der Waals surface area contributed by atoms with Crippen molar-refractivity contribution in [1.29, 1.82) is 0 Å². The van der Waals surface area contributed by atoms with E-state index >= 15 is 0 Å². The molecule has 8 heteroatoms. The van der Waals surface area contributed by atoms with Gasteiger partial charge in [0.1, 0.15) is 6.54 Å². The highest BCUT2D eigenvalue weighted by Crippen LogP contribution is 2.17. The van der Waals surface area contributed by atoms with E-state index in [0.717, 1.165) is 11.1 Å². The molecule has 0 aliphatic rings. The highest BCUT2D eigenvalue weighted by atomic mass is 16.5. The third-order valence-corrected chi connectivity index (χ3v) is 4.52. The first-order chi connectivity index (χ1) is 14.3. The maximum absolute atomic E-state index is 12.6. The van der Waals surface area contributed by atoms with E-state index in [1.807, 2.05) is 31.2 Å². The molecule has 0 atom stereocenters. The van der Waals surface area contributed by atoms with Crippen LogP contribution in [-0.2, 0) is 22.6 Å². The molecular weight excluding hydrogens is 382 g/mol. The Morgan fingerprint density at radius 2 is 1.90 bits per heavy atom. The second-order valence-electron chi connectivity index (χ2n) is 7.35. The molecule has 0 saturated heterocycles.